The van der Waals surface area contributed by atoms with E-state index in [0.717, 1.165) is 16.4 Å². The van der Waals surface area contributed by atoms with Gasteiger partial charge in [-0.2, -0.15) is 4.98 Å². The average molecular weight is 330 g/mol. The molecule has 0 radical (unpaired) electrons. The van der Waals surface area contributed by atoms with Crippen LogP contribution in [0, 0.1) is 0 Å². The van der Waals surface area contributed by atoms with Gasteiger partial charge in [0.15, 0.2) is 5.82 Å². The van der Waals surface area contributed by atoms with Crippen LogP contribution >= 0.6 is 11.3 Å². The van der Waals surface area contributed by atoms with E-state index in [1.807, 2.05) is 48.7 Å². The van der Waals surface area contributed by atoms with Crippen molar-refractivity contribution in [2.45, 2.75) is 6.92 Å². The molecule has 7 heteroatoms. The standard InChI is InChI=1S/C16H18N4O2S/c1-2-21-9-10-22-16-18-15(14-4-3-11-23-14)20(19-16)13-7-5-12(17)6-8-13/h3-8,11H,2,9-10,17H2,1H3. The second kappa shape index (κ2) is 7.26. The fourth-order valence-corrected chi connectivity index (χ4v) is 2.75. The van der Waals surface area contributed by atoms with Gasteiger partial charge in [-0.05, 0) is 42.6 Å². The maximum Gasteiger partial charge on any atom is 0.336 e. The maximum atomic E-state index is 5.75. The molecule has 1 aromatic carbocycles. The molecule has 0 fully saturated rings. The highest BCUT2D eigenvalue weighted by molar-refractivity contribution is 7.13. The summed E-state index contributed by atoms with van der Waals surface area (Å²) in [5.74, 6) is 0.746. The van der Waals surface area contributed by atoms with Gasteiger partial charge in [-0.3, -0.25) is 0 Å². The van der Waals surface area contributed by atoms with Crippen molar-refractivity contribution in [2.24, 2.45) is 0 Å². The van der Waals surface area contributed by atoms with Crippen LogP contribution in [0.5, 0.6) is 6.01 Å². The Morgan fingerprint density at radius 2 is 2.00 bits per heavy atom. The molecule has 2 heterocycles. The lowest BCUT2D eigenvalue weighted by Crippen LogP contribution is -2.07. The summed E-state index contributed by atoms with van der Waals surface area (Å²) < 4.78 is 12.6. The summed E-state index contributed by atoms with van der Waals surface area (Å²) in [6, 6.07) is 11.8. The first-order chi connectivity index (χ1) is 11.3. The third-order valence-electron chi connectivity index (χ3n) is 3.13. The Bertz CT molecular complexity index is 738. The normalized spacial score (nSPS) is 10.8. The Kier molecular flexibility index (Phi) is 4.89. The second-order valence-electron chi connectivity index (χ2n) is 4.74. The van der Waals surface area contributed by atoms with Crippen LogP contribution in [0.15, 0.2) is 41.8 Å². The molecule has 0 saturated heterocycles. The summed E-state index contributed by atoms with van der Waals surface area (Å²) in [6.07, 6.45) is 0. The molecule has 0 aliphatic rings. The molecule has 23 heavy (non-hydrogen) atoms. The van der Waals surface area contributed by atoms with Crippen LogP contribution in [0.1, 0.15) is 6.92 Å². The Hall–Kier alpha value is -2.38. The van der Waals surface area contributed by atoms with Gasteiger partial charge < -0.3 is 15.2 Å². The minimum Gasteiger partial charge on any atom is -0.460 e. The first-order valence-corrected chi connectivity index (χ1v) is 8.23. The van der Waals surface area contributed by atoms with Crippen LogP contribution in [0.3, 0.4) is 0 Å². The lowest BCUT2D eigenvalue weighted by molar-refractivity contribution is 0.106. The SMILES string of the molecule is CCOCCOc1nc(-c2cccs2)n(-c2ccc(N)cc2)n1. The first-order valence-electron chi connectivity index (χ1n) is 7.35. The Balaban J connectivity index is 1.89. The maximum absolute atomic E-state index is 5.75. The van der Waals surface area contributed by atoms with Crippen LogP contribution in [0.2, 0.25) is 0 Å². The molecule has 0 bridgehead atoms. The summed E-state index contributed by atoms with van der Waals surface area (Å²) in [5, 5.41) is 6.46. The highest BCUT2D eigenvalue weighted by atomic mass is 32.1. The van der Waals surface area contributed by atoms with Gasteiger partial charge in [0.1, 0.15) is 6.61 Å². The molecule has 0 spiro atoms. The summed E-state index contributed by atoms with van der Waals surface area (Å²) in [4.78, 5) is 5.52. The molecule has 0 atom stereocenters. The monoisotopic (exact) mass is 330 g/mol. The van der Waals surface area contributed by atoms with E-state index in [1.165, 1.54) is 0 Å². The van der Waals surface area contributed by atoms with Gasteiger partial charge >= 0.3 is 6.01 Å². The van der Waals surface area contributed by atoms with E-state index in [-0.39, 0.29) is 0 Å². The predicted molar refractivity (Wildman–Crippen MR) is 91.1 cm³/mol. The molecule has 0 unspecified atom stereocenters. The number of thiophene rings is 1. The van der Waals surface area contributed by atoms with Gasteiger partial charge in [-0.15, -0.1) is 16.4 Å². The number of nitrogens with two attached hydrogens (primary N) is 1. The molecule has 0 saturated carbocycles. The van der Waals surface area contributed by atoms with Gasteiger partial charge in [0.25, 0.3) is 0 Å². The van der Waals surface area contributed by atoms with Crippen LogP contribution in [0.4, 0.5) is 5.69 Å². The van der Waals surface area contributed by atoms with Crippen molar-refractivity contribution >= 4 is 17.0 Å². The van der Waals surface area contributed by atoms with E-state index in [2.05, 4.69) is 10.1 Å². The van der Waals surface area contributed by atoms with Crippen molar-refractivity contribution in [3.8, 4) is 22.4 Å². The van der Waals surface area contributed by atoms with Crippen molar-refractivity contribution in [1.82, 2.24) is 14.8 Å². The molecule has 3 aromatic rings. The molecular formula is C16H18N4O2S. The zero-order valence-corrected chi connectivity index (χ0v) is 13.6. The smallest absolute Gasteiger partial charge is 0.336 e. The molecule has 2 aromatic heterocycles. The average Bonchev–Trinajstić information content (AvgIpc) is 3.21. The predicted octanol–water partition coefficient (Wildman–Crippen LogP) is 2.99. The van der Waals surface area contributed by atoms with Crippen LogP contribution in [-0.4, -0.2) is 34.6 Å². The van der Waals surface area contributed by atoms with Crippen LogP contribution in [0.25, 0.3) is 16.4 Å². The Labute approximate surface area is 138 Å². The number of hydrogen-bond donors (Lipinski definition) is 1. The summed E-state index contributed by atoms with van der Waals surface area (Å²) in [6.45, 7) is 3.55. The summed E-state index contributed by atoms with van der Waals surface area (Å²) in [5.41, 5.74) is 7.35. The number of aromatic nitrogens is 3. The molecule has 0 aliphatic carbocycles. The third kappa shape index (κ3) is 3.69. The van der Waals surface area contributed by atoms with E-state index in [9.17, 15) is 0 Å². The fraction of sp³-hybridized carbons (Fsp3) is 0.250. The minimum atomic E-state index is 0.338. The summed E-state index contributed by atoms with van der Waals surface area (Å²) >= 11 is 1.61. The molecule has 6 nitrogen and oxygen atoms in total. The lowest BCUT2D eigenvalue weighted by atomic mass is 10.3. The van der Waals surface area contributed by atoms with Gasteiger partial charge in [0, 0.05) is 12.3 Å². The van der Waals surface area contributed by atoms with Gasteiger partial charge in [-0.25, -0.2) is 4.68 Å². The number of nitrogens with zero attached hydrogens (tertiary/aromatic N) is 3. The highest BCUT2D eigenvalue weighted by Crippen LogP contribution is 2.27. The van der Waals surface area contributed by atoms with E-state index in [4.69, 9.17) is 15.2 Å². The quantitative estimate of drug-likeness (QED) is 0.532. The van der Waals surface area contributed by atoms with E-state index < -0.39 is 0 Å². The number of hydrogen-bond acceptors (Lipinski definition) is 6. The van der Waals surface area contributed by atoms with E-state index in [0.29, 0.717) is 31.5 Å². The Morgan fingerprint density at radius 3 is 2.70 bits per heavy atom. The largest absolute Gasteiger partial charge is 0.460 e. The van der Waals surface area contributed by atoms with Crippen molar-refractivity contribution in [2.75, 3.05) is 25.6 Å². The second-order valence-corrected chi connectivity index (χ2v) is 5.69. The molecule has 120 valence electrons. The number of rotatable bonds is 7. The number of benzene rings is 1. The molecule has 2 N–H and O–H groups in total. The van der Waals surface area contributed by atoms with Crippen LogP contribution in [-0.2, 0) is 4.74 Å². The van der Waals surface area contributed by atoms with Crippen molar-refractivity contribution in [3.05, 3.63) is 41.8 Å². The Morgan fingerprint density at radius 1 is 1.17 bits per heavy atom. The van der Waals surface area contributed by atoms with Crippen LogP contribution < -0.4 is 10.5 Å². The fourth-order valence-electron chi connectivity index (χ4n) is 2.05. The highest BCUT2D eigenvalue weighted by Gasteiger charge is 2.15. The van der Waals surface area contributed by atoms with E-state index >= 15 is 0 Å². The van der Waals surface area contributed by atoms with Crippen molar-refractivity contribution in [3.63, 3.8) is 0 Å². The topological polar surface area (TPSA) is 75.2 Å². The molecule has 0 amide bonds. The first kappa shape index (κ1) is 15.5. The van der Waals surface area contributed by atoms with Crippen molar-refractivity contribution in [1.29, 1.82) is 0 Å². The summed E-state index contributed by atoms with van der Waals surface area (Å²) in [7, 11) is 0. The van der Waals surface area contributed by atoms with Gasteiger partial charge in [0.05, 0.1) is 17.2 Å². The molecular weight excluding hydrogens is 312 g/mol. The third-order valence-corrected chi connectivity index (χ3v) is 4.00. The number of ether oxygens (including phenoxy) is 2. The molecule has 0 aliphatic heterocycles. The molecule has 3 rings (SSSR count). The number of nitrogen functional groups attached to an aromatic ring is 1. The number of anilines is 1. The zero-order chi connectivity index (χ0) is 16.1. The lowest BCUT2D eigenvalue weighted by Gasteiger charge is -2.04. The minimum absolute atomic E-state index is 0.338. The zero-order valence-electron chi connectivity index (χ0n) is 12.8. The van der Waals surface area contributed by atoms with E-state index in [1.54, 1.807) is 16.0 Å². The van der Waals surface area contributed by atoms with Gasteiger partial charge in [0.2, 0.25) is 0 Å². The van der Waals surface area contributed by atoms with Crippen molar-refractivity contribution < 1.29 is 9.47 Å². The van der Waals surface area contributed by atoms with Gasteiger partial charge in [-0.1, -0.05) is 6.07 Å².